The van der Waals surface area contributed by atoms with Crippen LogP contribution in [0.3, 0.4) is 0 Å². The van der Waals surface area contributed by atoms with Gasteiger partial charge in [-0.05, 0) is 19.1 Å². The molecule has 0 spiro atoms. The van der Waals surface area contributed by atoms with Crippen molar-refractivity contribution >= 4 is 17.2 Å². The lowest BCUT2D eigenvalue weighted by atomic mass is 10.3. The van der Waals surface area contributed by atoms with E-state index in [1.807, 2.05) is 19.1 Å². The quantitative estimate of drug-likeness (QED) is 0.796. The van der Waals surface area contributed by atoms with E-state index in [1.165, 1.54) is 23.5 Å². The van der Waals surface area contributed by atoms with Crippen LogP contribution in [0, 0.1) is 6.92 Å². The van der Waals surface area contributed by atoms with Gasteiger partial charge in [0.2, 0.25) is 0 Å². The molecule has 6 heteroatoms. The Bertz CT molecular complexity index is 554. The van der Waals surface area contributed by atoms with Crippen LogP contribution in [0.1, 0.15) is 15.4 Å². The fraction of sp³-hybridized carbons (Fsp3) is 0.250. The highest BCUT2D eigenvalue weighted by atomic mass is 32.1. The summed E-state index contributed by atoms with van der Waals surface area (Å²) in [4.78, 5) is 25.9. The predicted octanol–water partition coefficient (Wildman–Crippen LogP) is 2.15. The van der Waals surface area contributed by atoms with Crippen molar-refractivity contribution in [2.45, 2.75) is 6.92 Å². The highest BCUT2D eigenvalue weighted by Gasteiger charge is 2.19. The van der Waals surface area contributed by atoms with Crippen molar-refractivity contribution in [1.82, 2.24) is 15.0 Å². The van der Waals surface area contributed by atoms with E-state index in [9.17, 15) is 4.79 Å². The van der Waals surface area contributed by atoms with Crippen molar-refractivity contribution in [3.63, 3.8) is 0 Å². The second-order valence-corrected chi connectivity index (χ2v) is 4.66. The summed E-state index contributed by atoms with van der Waals surface area (Å²) in [7, 11) is 3.03. The lowest BCUT2D eigenvalue weighted by molar-refractivity contribution is -0.0754. The minimum absolute atomic E-state index is 0.192. The van der Waals surface area contributed by atoms with Crippen LogP contribution in [0.2, 0.25) is 0 Å². The minimum atomic E-state index is -0.192. The van der Waals surface area contributed by atoms with Crippen LogP contribution in [0.4, 0.5) is 0 Å². The second kappa shape index (κ2) is 5.24. The van der Waals surface area contributed by atoms with E-state index in [0.29, 0.717) is 10.6 Å². The highest BCUT2D eigenvalue weighted by Crippen LogP contribution is 2.27. The van der Waals surface area contributed by atoms with Crippen molar-refractivity contribution in [2.75, 3.05) is 14.2 Å². The van der Waals surface area contributed by atoms with Gasteiger partial charge in [0.1, 0.15) is 9.88 Å². The SMILES string of the molecule is CON(C)C(=O)c1sc(-c2cccnc2)nc1C. The molecule has 18 heavy (non-hydrogen) atoms. The summed E-state index contributed by atoms with van der Waals surface area (Å²) < 4.78 is 0. The van der Waals surface area contributed by atoms with Crippen LogP contribution in [-0.2, 0) is 4.84 Å². The molecule has 0 unspecified atom stereocenters. The summed E-state index contributed by atoms with van der Waals surface area (Å²) in [5, 5.41) is 1.97. The number of carbonyl (C=O) groups excluding carboxylic acids is 1. The van der Waals surface area contributed by atoms with Crippen molar-refractivity contribution < 1.29 is 9.63 Å². The van der Waals surface area contributed by atoms with Crippen molar-refractivity contribution in [3.8, 4) is 10.6 Å². The third kappa shape index (κ3) is 2.39. The number of nitrogens with zero attached hydrogens (tertiary/aromatic N) is 3. The number of amides is 1. The molecule has 2 heterocycles. The summed E-state index contributed by atoms with van der Waals surface area (Å²) in [6, 6.07) is 3.76. The molecule has 0 saturated carbocycles. The average molecular weight is 263 g/mol. The third-order valence-electron chi connectivity index (χ3n) is 2.46. The Morgan fingerprint density at radius 3 is 2.89 bits per heavy atom. The summed E-state index contributed by atoms with van der Waals surface area (Å²) in [6.07, 6.45) is 3.43. The molecule has 0 aliphatic rings. The van der Waals surface area contributed by atoms with Gasteiger partial charge in [0, 0.05) is 25.0 Å². The fourth-order valence-electron chi connectivity index (χ4n) is 1.43. The first-order chi connectivity index (χ1) is 8.63. The predicted molar refractivity (Wildman–Crippen MR) is 69.2 cm³/mol. The Balaban J connectivity index is 2.36. The van der Waals surface area contributed by atoms with E-state index in [0.717, 1.165) is 10.6 Å². The van der Waals surface area contributed by atoms with E-state index in [4.69, 9.17) is 4.84 Å². The van der Waals surface area contributed by atoms with Gasteiger partial charge in [0.05, 0.1) is 12.8 Å². The number of aryl methyl sites for hydroxylation is 1. The van der Waals surface area contributed by atoms with E-state index < -0.39 is 0 Å². The zero-order valence-corrected chi connectivity index (χ0v) is 11.2. The molecule has 0 saturated heterocycles. The van der Waals surface area contributed by atoms with E-state index in [2.05, 4.69) is 9.97 Å². The number of pyridine rings is 1. The van der Waals surface area contributed by atoms with Gasteiger partial charge in [0.25, 0.3) is 5.91 Å². The van der Waals surface area contributed by atoms with Gasteiger partial charge in [-0.25, -0.2) is 10.0 Å². The number of aromatic nitrogens is 2. The lowest BCUT2D eigenvalue weighted by Gasteiger charge is -2.11. The van der Waals surface area contributed by atoms with Gasteiger partial charge >= 0.3 is 0 Å². The van der Waals surface area contributed by atoms with Crippen molar-refractivity contribution in [1.29, 1.82) is 0 Å². The molecule has 2 aromatic heterocycles. The number of hydroxylamine groups is 2. The van der Waals surface area contributed by atoms with E-state index in [-0.39, 0.29) is 5.91 Å². The van der Waals surface area contributed by atoms with Crippen molar-refractivity contribution in [2.24, 2.45) is 0 Å². The monoisotopic (exact) mass is 263 g/mol. The Labute approximate surface area is 109 Å². The van der Waals surface area contributed by atoms with Gasteiger partial charge in [-0.3, -0.25) is 14.6 Å². The van der Waals surface area contributed by atoms with Gasteiger partial charge in [-0.15, -0.1) is 11.3 Å². The molecule has 0 aromatic carbocycles. The van der Waals surface area contributed by atoms with Crippen LogP contribution in [0.25, 0.3) is 10.6 Å². The van der Waals surface area contributed by atoms with Crippen LogP contribution >= 0.6 is 11.3 Å². The first-order valence-electron chi connectivity index (χ1n) is 5.33. The Hall–Kier alpha value is -1.79. The Kier molecular flexibility index (Phi) is 3.69. The molecular formula is C12H13N3O2S. The maximum atomic E-state index is 12.0. The molecule has 5 nitrogen and oxygen atoms in total. The topological polar surface area (TPSA) is 55.3 Å². The van der Waals surface area contributed by atoms with E-state index >= 15 is 0 Å². The molecule has 0 bridgehead atoms. The smallest absolute Gasteiger partial charge is 0.274 e. The number of rotatable bonds is 3. The van der Waals surface area contributed by atoms with Crippen molar-refractivity contribution in [3.05, 3.63) is 35.1 Å². The molecule has 0 radical (unpaired) electrons. The first-order valence-corrected chi connectivity index (χ1v) is 6.15. The summed E-state index contributed by atoms with van der Waals surface area (Å²) in [6.45, 7) is 1.81. The standard InChI is InChI=1S/C12H13N3O2S/c1-8-10(12(16)15(2)17-3)18-11(14-8)9-5-4-6-13-7-9/h4-7H,1-3H3. The third-order valence-corrected chi connectivity index (χ3v) is 3.65. The molecule has 1 amide bonds. The first kappa shape index (κ1) is 12.7. The van der Waals surface area contributed by atoms with Crippen LogP contribution in [0.5, 0.6) is 0 Å². The average Bonchev–Trinajstić information content (AvgIpc) is 2.80. The van der Waals surface area contributed by atoms with E-state index in [1.54, 1.807) is 19.4 Å². The number of hydrogen-bond acceptors (Lipinski definition) is 5. The molecular weight excluding hydrogens is 250 g/mol. The lowest BCUT2D eigenvalue weighted by Crippen LogP contribution is -2.25. The van der Waals surface area contributed by atoms with Crippen LogP contribution < -0.4 is 0 Å². The minimum Gasteiger partial charge on any atom is -0.274 e. The zero-order chi connectivity index (χ0) is 13.1. The molecule has 94 valence electrons. The summed E-state index contributed by atoms with van der Waals surface area (Å²) in [5.41, 5.74) is 1.61. The van der Waals surface area contributed by atoms with Crippen LogP contribution in [0.15, 0.2) is 24.5 Å². The second-order valence-electron chi connectivity index (χ2n) is 3.66. The van der Waals surface area contributed by atoms with Gasteiger partial charge in [0.15, 0.2) is 0 Å². The maximum Gasteiger partial charge on any atom is 0.289 e. The number of hydrogen-bond donors (Lipinski definition) is 0. The number of carbonyl (C=O) groups is 1. The molecule has 0 aliphatic carbocycles. The summed E-state index contributed by atoms with van der Waals surface area (Å²) in [5.74, 6) is -0.192. The molecule has 2 aromatic rings. The largest absolute Gasteiger partial charge is 0.289 e. The van der Waals surface area contributed by atoms with Crippen LogP contribution in [-0.4, -0.2) is 35.1 Å². The van der Waals surface area contributed by atoms with Gasteiger partial charge in [-0.1, -0.05) is 0 Å². The molecule has 0 aliphatic heterocycles. The molecule has 2 rings (SSSR count). The fourth-order valence-corrected chi connectivity index (χ4v) is 2.46. The number of thiazole rings is 1. The molecule has 0 fully saturated rings. The highest BCUT2D eigenvalue weighted by molar-refractivity contribution is 7.17. The maximum absolute atomic E-state index is 12.0. The Morgan fingerprint density at radius 2 is 2.28 bits per heavy atom. The molecule has 0 N–H and O–H groups in total. The summed E-state index contributed by atoms with van der Waals surface area (Å²) >= 11 is 1.34. The van der Waals surface area contributed by atoms with Gasteiger partial charge < -0.3 is 0 Å². The normalized spacial score (nSPS) is 10.4. The Morgan fingerprint density at radius 1 is 1.50 bits per heavy atom. The van der Waals surface area contributed by atoms with Gasteiger partial charge in [-0.2, -0.15) is 0 Å². The molecule has 0 atom stereocenters. The zero-order valence-electron chi connectivity index (χ0n) is 10.4.